The van der Waals surface area contributed by atoms with Gasteiger partial charge in [-0.25, -0.2) is 0 Å². The maximum absolute atomic E-state index is 10.8. The maximum Gasteiger partial charge on any atom is 0.261 e. The summed E-state index contributed by atoms with van der Waals surface area (Å²) in [6, 6.07) is 22.4. The Morgan fingerprint density at radius 1 is 0.829 bits per heavy atom. The van der Waals surface area contributed by atoms with Crippen molar-refractivity contribution in [2.75, 3.05) is 0 Å². The molecule has 2 aromatic rings. The highest BCUT2D eigenvalue weighted by Gasteiger charge is 2.63. The summed E-state index contributed by atoms with van der Waals surface area (Å²) < 4.78 is 7.69. The van der Waals surface area contributed by atoms with Crippen molar-refractivity contribution < 1.29 is 9.53 Å². The van der Waals surface area contributed by atoms with Crippen LogP contribution >= 0.6 is 15.9 Å². The fourth-order valence-corrected chi connectivity index (χ4v) is 17.3. The quantitative estimate of drug-likeness (QED) is 0.264. The van der Waals surface area contributed by atoms with E-state index in [0.29, 0.717) is 22.3 Å². The van der Waals surface area contributed by atoms with Crippen LogP contribution in [0.15, 0.2) is 60.7 Å². The summed E-state index contributed by atoms with van der Waals surface area (Å²) in [5.41, 5.74) is 0.691. The van der Waals surface area contributed by atoms with Crippen molar-refractivity contribution in [2.24, 2.45) is 40.4 Å². The molecule has 2 aromatic carbocycles. The molecule has 0 unspecified atom stereocenters. The second-order valence-corrected chi connectivity index (χ2v) is 21.3. The predicted octanol–water partition coefficient (Wildman–Crippen LogP) is 8.34. The zero-order valence-corrected chi connectivity index (χ0v) is 28.9. The highest BCUT2D eigenvalue weighted by molar-refractivity contribution is 9.09. The van der Waals surface area contributed by atoms with Crippen molar-refractivity contribution in [1.29, 1.82) is 0 Å². The number of hydrogen-bond acceptors (Lipinski definition) is 2. The van der Waals surface area contributed by atoms with E-state index in [1.165, 1.54) is 61.7 Å². The zero-order valence-electron chi connectivity index (χ0n) is 26.3. The first kappa shape index (κ1) is 30.1. The van der Waals surface area contributed by atoms with E-state index >= 15 is 0 Å². The molecule has 4 aliphatic carbocycles. The highest BCUT2D eigenvalue weighted by atomic mass is 79.9. The fraction of sp³-hybridized carbons (Fsp3) is 0.676. The van der Waals surface area contributed by atoms with Gasteiger partial charge in [0.1, 0.15) is 0 Å². The van der Waals surface area contributed by atoms with Crippen LogP contribution in [0.1, 0.15) is 92.9 Å². The van der Waals surface area contributed by atoms with Gasteiger partial charge in [0.15, 0.2) is 0 Å². The molecule has 0 bridgehead atoms. The largest absolute Gasteiger partial charge is 0.404 e. The summed E-state index contributed by atoms with van der Waals surface area (Å²) in [5.74, 6) is 3.51. The molecule has 6 rings (SSSR count). The van der Waals surface area contributed by atoms with Crippen LogP contribution in [0, 0.1) is 40.4 Å². The van der Waals surface area contributed by atoms with E-state index in [4.69, 9.17) is 4.43 Å². The van der Waals surface area contributed by atoms with Gasteiger partial charge in [-0.2, -0.15) is 0 Å². The Kier molecular flexibility index (Phi) is 8.00. The van der Waals surface area contributed by atoms with Crippen molar-refractivity contribution in [3.05, 3.63) is 60.7 Å². The number of halogens is 1. The van der Waals surface area contributed by atoms with Crippen LogP contribution < -0.4 is 10.4 Å². The number of hydrogen-bond donors (Lipinski definition) is 1. The van der Waals surface area contributed by atoms with E-state index < -0.39 is 8.32 Å². The first-order chi connectivity index (χ1) is 19.4. The van der Waals surface area contributed by atoms with Crippen molar-refractivity contribution >= 4 is 34.6 Å². The molecule has 0 amide bonds. The average Bonchev–Trinajstić information content (AvgIpc) is 3.22. The Hall–Kier alpha value is -0.943. The molecule has 4 fully saturated rings. The van der Waals surface area contributed by atoms with Gasteiger partial charge >= 0.3 is 0 Å². The van der Waals surface area contributed by atoms with Gasteiger partial charge in [0, 0.05) is 16.8 Å². The molecule has 224 valence electrons. The molecule has 0 spiro atoms. The molecule has 4 heteroatoms. The Bertz CT molecular complexity index is 1150. The molecule has 0 heterocycles. The molecule has 0 aromatic heterocycles. The molecular weight excluding hydrogens is 584 g/mol. The molecule has 0 radical (unpaired) electrons. The van der Waals surface area contributed by atoms with Crippen LogP contribution in [0.5, 0.6) is 0 Å². The smallest absolute Gasteiger partial charge is 0.261 e. The SMILES string of the molecule is C[C@H](O)[C@H]1[C@H](Br)C[C@H]2[C@@H]3CC[C@H]4C[C@@H](O[Si](c5ccccc5)(c5ccccc5)C(C)(C)C)CC[C@]4(C)[C@H]3CC[C@]12C. The maximum atomic E-state index is 10.8. The lowest BCUT2D eigenvalue weighted by molar-refractivity contribution is -0.130. The summed E-state index contributed by atoms with van der Waals surface area (Å²) in [5, 5.41) is 13.6. The molecule has 0 aliphatic heterocycles. The van der Waals surface area contributed by atoms with Crippen LogP contribution in [0.4, 0.5) is 0 Å². The Morgan fingerprint density at radius 3 is 1.98 bits per heavy atom. The van der Waals surface area contributed by atoms with Crippen LogP contribution in [0.2, 0.25) is 5.04 Å². The molecule has 0 saturated heterocycles. The third-order valence-electron chi connectivity index (χ3n) is 13.0. The van der Waals surface area contributed by atoms with E-state index in [1.54, 1.807) is 0 Å². The summed E-state index contributed by atoms with van der Waals surface area (Å²) in [6.07, 6.45) is 10.4. The van der Waals surface area contributed by atoms with Gasteiger partial charge in [-0.1, -0.05) is 111 Å². The minimum Gasteiger partial charge on any atom is -0.404 e. The average molecular weight is 638 g/mol. The van der Waals surface area contributed by atoms with Crippen molar-refractivity contribution in [3.63, 3.8) is 0 Å². The summed E-state index contributed by atoms with van der Waals surface area (Å²) in [7, 11) is -2.53. The molecule has 4 saturated carbocycles. The fourth-order valence-electron chi connectivity index (χ4n) is 11.1. The van der Waals surface area contributed by atoms with Gasteiger partial charge in [-0.15, -0.1) is 0 Å². The van der Waals surface area contributed by atoms with Gasteiger partial charge in [-0.3, -0.25) is 0 Å². The number of fused-ring (bicyclic) bond motifs is 5. The van der Waals surface area contributed by atoms with E-state index in [0.717, 1.165) is 23.7 Å². The number of benzene rings is 2. The number of aliphatic hydroxyl groups is 1. The predicted molar refractivity (Wildman–Crippen MR) is 177 cm³/mol. The first-order valence-electron chi connectivity index (χ1n) is 16.5. The van der Waals surface area contributed by atoms with Crippen LogP contribution in [-0.4, -0.2) is 30.5 Å². The topological polar surface area (TPSA) is 29.5 Å². The highest BCUT2D eigenvalue weighted by Crippen LogP contribution is 2.68. The lowest BCUT2D eigenvalue weighted by Crippen LogP contribution is -2.68. The second kappa shape index (κ2) is 10.9. The van der Waals surface area contributed by atoms with Crippen LogP contribution in [0.3, 0.4) is 0 Å². The van der Waals surface area contributed by atoms with Crippen LogP contribution in [-0.2, 0) is 4.43 Å². The third-order valence-corrected chi connectivity index (χ3v) is 19.0. The zero-order chi connectivity index (χ0) is 29.2. The van der Waals surface area contributed by atoms with E-state index in [1.807, 2.05) is 6.92 Å². The second-order valence-electron chi connectivity index (χ2n) is 15.9. The number of rotatable bonds is 5. The minimum absolute atomic E-state index is 0.0248. The first-order valence-corrected chi connectivity index (χ1v) is 19.4. The lowest BCUT2D eigenvalue weighted by Gasteiger charge is -2.61. The van der Waals surface area contributed by atoms with E-state index in [9.17, 15) is 5.11 Å². The van der Waals surface area contributed by atoms with Gasteiger partial charge < -0.3 is 9.53 Å². The third kappa shape index (κ3) is 4.77. The number of aliphatic hydroxyl groups excluding tert-OH is 1. The molecule has 2 nitrogen and oxygen atoms in total. The molecule has 41 heavy (non-hydrogen) atoms. The van der Waals surface area contributed by atoms with Crippen LogP contribution in [0.25, 0.3) is 0 Å². The monoisotopic (exact) mass is 636 g/mol. The lowest BCUT2D eigenvalue weighted by atomic mass is 9.44. The van der Waals surface area contributed by atoms with Gasteiger partial charge in [0.25, 0.3) is 8.32 Å². The Morgan fingerprint density at radius 2 is 1.41 bits per heavy atom. The van der Waals surface area contributed by atoms with Gasteiger partial charge in [0.2, 0.25) is 0 Å². The Balaban J connectivity index is 1.27. The van der Waals surface area contributed by atoms with E-state index in [2.05, 4.69) is 111 Å². The molecular formula is C37H53BrO2Si. The van der Waals surface area contributed by atoms with E-state index in [-0.39, 0.29) is 16.6 Å². The summed E-state index contributed by atoms with van der Waals surface area (Å²) in [4.78, 5) is 0.456. The van der Waals surface area contributed by atoms with Crippen molar-refractivity contribution in [3.8, 4) is 0 Å². The standard InChI is InChI=1S/C37H53BrO2Si/c1-25(39)34-33(38)24-32-30-18-17-26-23-27(19-21-36(26,5)31(30)20-22-37(32,34)6)40-41(35(2,3)4,28-13-9-7-10-14-28)29-15-11-8-12-16-29/h7-16,25-27,30-34,39H,17-24H2,1-6H3/t25-,26-,27-,30+,31-,32-,33+,34-,36-,37-/m0/s1. The summed E-state index contributed by atoms with van der Waals surface area (Å²) in [6.45, 7) is 14.5. The molecule has 4 aliphatic rings. The van der Waals surface area contributed by atoms with Gasteiger partial charge in [0.05, 0.1) is 6.10 Å². The number of alkyl halides is 1. The van der Waals surface area contributed by atoms with Crippen molar-refractivity contribution in [2.45, 2.75) is 115 Å². The summed E-state index contributed by atoms with van der Waals surface area (Å²) >= 11 is 4.05. The normalized spacial score (nSPS) is 39.9. The molecule has 1 N–H and O–H groups in total. The Labute approximate surface area is 259 Å². The van der Waals surface area contributed by atoms with Gasteiger partial charge in [-0.05, 0) is 108 Å². The minimum atomic E-state index is -2.53. The van der Waals surface area contributed by atoms with Crippen molar-refractivity contribution in [1.82, 2.24) is 0 Å². The molecule has 10 atom stereocenters.